The second-order valence-corrected chi connectivity index (χ2v) is 5.26. The lowest BCUT2D eigenvalue weighted by Gasteiger charge is -2.20. The average molecular weight is 279 g/mol. The maximum Gasteiger partial charge on any atom is 0.319 e. The van der Waals surface area contributed by atoms with Gasteiger partial charge in [-0.3, -0.25) is 4.79 Å². The van der Waals surface area contributed by atoms with Crippen molar-refractivity contribution in [3.05, 3.63) is 28.2 Å². The van der Waals surface area contributed by atoms with E-state index >= 15 is 0 Å². The smallest absolute Gasteiger partial charge is 0.319 e. The Morgan fingerprint density at radius 1 is 1.55 bits per heavy atom. The third kappa shape index (κ3) is 3.39. The number of urea groups is 1. The van der Waals surface area contributed by atoms with Crippen molar-refractivity contribution in [2.45, 2.75) is 38.8 Å². The highest BCUT2D eigenvalue weighted by molar-refractivity contribution is 5.90. The van der Waals surface area contributed by atoms with E-state index in [1.807, 2.05) is 6.92 Å². The highest BCUT2D eigenvalue weighted by Gasteiger charge is 2.23. The number of carbonyl (C=O) groups is 1. The van der Waals surface area contributed by atoms with E-state index in [4.69, 9.17) is 4.74 Å². The van der Waals surface area contributed by atoms with Crippen molar-refractivity contribution in [2.24, 2.45) is 7.05 Å². The van der Waals surface area contributed by atoms with Crippen LogP contribution in [-0.4, -0.2) is 29.4 Å². The summed E-state index contributed by atoms with van der Waals surface area (Å²) < 4.78 is 6.97. The van der Waals surface area contributed by atoms with Gasteiger partial charge in [-0.1, -0.05) is 0 Å². The number of nitrogens with zero attached hydrogens (tertiary/aromatic N) is 1. The van der Waals surface area contributed by atoms with E-state index in [1.165, 1.54) is 10.6 Å². The Bertz CT molecular complexity index is 547. The molecule has 2 heterocycles. The highest BCUT2D eigenvalue weighted by Crippen LogP contribution is 2.16. The summed E-state index contributed by atoms with van der Waals surface area (Å²) in [6.07, 6.45) is 3.72. The summed E-state index contributed by atoms with van der Waals surface area (Å²) >= 11 is 0. The second-order valence-electron chi connectivity index (χ2n) is 5.26. The van der Waals surface area contributed by atoms with E-state index in [0.717, 1.165) is 25.0 Å². The van der Waals surface area contributed by atoms with Crippen molar-refractivity contribution >= 4 is 11.7 Å². The third-order valence-corrected chi connectivity index (χ3v) is 3.56. The van der Waals surface area contributed by atoms with E-state index in [0.29, 0.717) is 5.69 Å². The lowest BCUT2D eigenvalue weighted by Crippen LogP contribution is -2.43. The molecule has 1 saturated heterocycles. The molecule has 0 unspecified atom stereocenters. The van der Waals surface area contributed by atoms with Crippen molar-refractivity contribution in [1.82, 2.24) is 9.88 Å². The molecule has 110 valence electrons. The zero-order valence-corrected chi connectivity index (χ0v) is 12.1. The Morgan fingerprint density at radius 3 is 2.95 bits per heavy atom. The fraction of sp³-hybridized carbons (Fsp3) is 0.571. The molecule has 1 aliphatic heterocycles. The summed E-state index contributed by atoms with van der Waals surface area (Å²) in [6, 6.07) is 1.18. The minimum atomic E-state index is -0.283. The Labute approximate surface area is 118 Å². The zero-order valence-electron chi connectivity index (χ0n) is 12.1. The molecule has 0 aromatic carbocycles. The molecule has 1 aromatic rings. The van der Waals surface area contributed by atoms with Crippen LogP contribution in [0.5, 0.6) is 0 Å². The molecule has 2 atom stereocenters. The van der Waals surface area contributed by atoms with Crippen LogP contribution in [0.1, 0.15) is 25.3 Å². The van der Waals surface area contributed by atoms with Crippen LogP contribution in [0.3, 0.4) is 0 Å². The molecule has 6 nitrogen and oxygen atoms in total. The Balaban J connectivity index is 1.97. The molecule has 0 aliphatic carbocycles. The molecule has 1 fully saturated rings. The van der Waals surface area contributed by atoms with Crippen molar-refractivity contribution in [3.8, 4) is 0 Å². The number of pyridine rings is 1. The standard InChI is InChI=1S/C14H21N3O3/c1-9-7-13(18)17(3)8-11(9)16-14(19)15-10(2)12-5-4-6-20-12/h7-8,10,12H,4-6H2,1-3H3,(H2,15,16,19)/t10-,12-/m1/s1. The van der Waals surface area contributed by atoms with Crippen LogP contribution in [0.15, 0.2) is 17.1 Å². The summed E-state index contributed by atoms with van der Waals surface area (Å²) in [4.78, 5) is 23.4. The molecule has 0 saturated carbocycles. The fourth-order valence-electron chi connectivity index (χ4n) is 2.31. The molecule has 6 heteroatoms. The number of amides is 2. The lowest BCUT2D eigenvalue weighted by atomic mass is 10.1. The predicted octanol–water partition coefficient (Wildman–Crippen LogP) is 1.38. The Kier molecular flexibility index (Phi) is 4.44. The van der Waals surface area contributed by atoms with E-state index in [1.54, 1.807) is 20.2 Å². The normalized spacial score (nSPS) is 19.6. The van der Waals surface area contributed by atoms with Gasteiger partial charge < -0.3 is 19.9 Å². The molecule has 0 radical (unpaired) electrons. The van der Waals surface area contributed by atoms with Gasteiger partial charge in [-0.05, 0) is 32.3 Å². The van der Waals surface area contributed by atoms with Gasteiger partial charge in [-0.15, -0.1) is 0 Å². The first kappa shape index (κ1) is 14.6. The monoisotopic (exact) mass is 279 g/mol. The Morgan fingerprint density at radius 2 is 2.30 bits per heavy atom. The lowest BCUT2D eigenvalue weighted by molar-refractivity contribution is 0.0868. The van der Waals surface area contributed by atoms with E-state index in [9.17, 15) is 9.59 Å². The summed E-state index contributed by atoms with van der Waals surface area (Å²) in [7, 11) is 1.65. The minimum Gasteiger partial charge on any atom is -0.376 e. The molecule has 2 amide bonds. The maximum atomic E-state index is 12.0. The number of aromatic nitrogens is 1. The average Bonchev–Trinajstić information content (AvgIpc) is 2.89. The summed E-state index contributed by atoms with van der Waals surface area (Å²) in [5.74, 6) is 0. The van der Waals surface area contributed by atoms with Crippen LogP contribution < -0.4 is 16.2 Å². The van der Waals surface area contributed by atoms with E-state index in [-0.39, 0.29) is 23.7 Å². The van der Waals surface area contributed by atoms with Gasteiger partial charge in [0.25, 0.3) is 5.56 Å². The minimum absolute atomic E-state index is 0.0367. The van der Waals surface area contributed by atoms with Crippen molar-refractivity contribution < 1.29 is 9.53 Å². The molecular weight excluding hydrogens is 258 g/mol. The number of anilines is 1. The fourth-order valence-corrected chi connectivity index (χ4v) is 2.31. The number of nitrogens with one attached hydrogen (secondary N) is 2. The summed E-state index contributed by atoms with van der Waals surface area (Å²) in [5.41, 5.74) is 1.28. The number of hydrogen-bond donors (Lipinski definition) is 2. The van der Waals surface area contributed by atoms with Gasteiger partial charge in [0.1, 0.15) is 0 Å². The highest BCUT2D eigenvalue weighted by atomic mass is 16.5. The van der Waals surface area contributed by atoms with Crippen molar-refractivity contribution in [1.29, 1.82) is 0 Å². The molecule has 1 aliphatic rings. The topological polar surface area (TPSA) is 72.4 Å². The van der Waals surface area contributed by atoms with Crippen LogP contribution >= 0.6 is 0 Å². The molecule has 20 heavy (non-hydrogen) atoms. The number of ether oxygens (including phenoxy) is 1. The van der Waals surface area contributed by atoms with E-state index in [2.05, 4.69) is 10.6 Å². The van der Waals surface area contributed by atoms with Crippen LogP contribution in [-0.2, 0) is 11.8 Å². The zero-order chi connectivity index (χ0) is 14.7. The van der Waals surface area contributed by atoms with Crippen LogP contribution in [0, 0.1) is 6.92 Å². The van der Waals surface area contributed by atoms with Crippen LogP contribution in [0.2, 0.25) is 0 Å². The van der Waals surface area contributed by atoms with E-state index < -0.39 is 0 Å². The number of hydrogen-bond acceptors (Lipinski definition) is 3. The first-order chi connectivity index (χ1) is 9.47. The Hall–Kier alpha value is -1.82. The molecule has 0 spiro atoms. The molecule has 2 N–H and O–H groups in total. The van der Waals surface area contributed by atoms with Gasteiger partial charge >= 0.3 is 6.03 Å². The van der Waals surface area contributed by atoms with Crippen molar-refractivity contribution in [2.75, 3.05) is 11.9 Å². The van der Waals surface area contributed by atoms with Gasteiger partial charge in [0.05, 0.1) is 17.8 Å². The quantitative estimate of drug-likeness (QED) is 0.878. The van der Waals surface area contributed by atoms with Gasteiger partial charge in [0, 0.05) is 25.9 Å². The molecule has 2 rings (SSSR count). The first-order valence-electron chi connectivity index (χ1n) is 6.84. The third-order valence-electron chi connectivity index (χ3n) is 3.56. The summed E-state index contributed by atoms with van der Waals surface area (Å²) in [6.45, 7) is 4.49. The van der Waals surface area contributed by atoms with Gasteiger partial charge in [0.15, 0.2) is 0 Å². The van der Waals surface area contributed by atoms with Gasteiger partial charge in [0.2, 0.25) is 0 Å². The maximum absolute atomic E-state index is 12.0. The largest absolute Gasteiger partial charge is 0.376 e. The van der Waals surface area contributed by atoms with Crippen LogP contribution in [0.4, 0.5) is 10.5 Å². The first-order valence-corrected chi connectivity index (χ1v) is 6.84. The summed E-state index contributed by atoms with van der Waals surface area (Å²) in [5, 5.41) is 5.64. The predicted molar refractivity (Wildman–Crippen MR) is 77.0 cm³/mol. The molecule has 0 bridgehead atoms. The number of carbonyl (C=O) groups excluding carboxylic acids is 1. The second kappa shape index (κ2) is 6.09. The number of rotatable bonds is 3. The SMILES string of the molecule is Cc1cc(=O)n(C)cc1NC(=O)N[C@H](C)[C@H]1CCCO1. The van der Waals surface area contributed by atoms with Gasteiger partial charge in [-0.2, -0.15) is 0 Å². The van der Waals surface area contributed by atoms with Gasteiger partial charge in [-0.25, -0.2) is 4.79 Å². The van der Waals surface area contributed by atoms with Crippen LogP contribution in [0.25, 0.3) is 0 Å². The van der Waals surface area contributed by atoms with Crippen molar-refractivity contribution in [3.63, 3.8) is 0 Å². The number of aryl methyl sites for hydroxylation is 2. The molecular formula is C14H21N3O3. The molecule has 1 aromatic heterocycles.